The number of aliphatic carboxylic acids is 1. The quantitative estimate of drug-likeness (QED) is 0.157. The van der Waals surface area contributed by atoms with Crippen LogP contribution in [0, 0.1) is 0 Å². The number of benzene rings is 4. The van der Waals surface area contributed by atoms with Crippen LogP contribution in [0.15, 0.2) is 109 Å². The Bertz CT molecular complexity index is 1470. The van der Waals surface area contributed by atoms with Gasteiger partial charge in [-0.25, -0.2) is 9.59 Å². The van der Waals surface area contributed by atoms with Crippen molar-refractivity contribution in [3.63, 3.8) is 0 Å². The third-order valence-electron chi connectivity index (χ3n) is 8.31. The maximum atomic E-state index is 12.8. The van der Waals surface area contributed by atoms with Gasteiger partial charge in [-0.05, 0) is 35.1 Å². The fourth-order valence-corrected chi connectivity index (χ4v) is 10.9. The minimum absolute atomic E-state index is 0.0960. The molecular formula is C36H39NO5Si-. The number of amides is 1. The Balaban J connectivity index is 1.23. The average molecular weight is 594 g/mol. The molecular weight excluding hydrogens is 554 g/mol. The van der Waals surface area contributed by atoms with E-state index in [4.69, 9.17) is 9.16 Å². The summed E-state index contributed by atoms with van der Waals surface area (Å²) in [7, 11) is -2.73. The number of carbonyl (C=O) groups is 2. The van der Waals surface area contributed by atoms with Gasteiger partial charge in [0.05, 0.1) is 8.32 Å². The largest absolute Gasteiger partial charge is 0.558 e. The molecule has 0 spiro atoms. The molecule has 4 aromatic rings. The molecule has 0 aliphatic heterocycles. The maximum absolute atomic E-state index is 12.8. The van der Waals surface area contributed by atoms with Crippen molar-refractivity contribution in [2.24, 2.45) is 0 Å². The van der Waals surface area contributed by atoms with Crippen molar-refractivity contribution in [1.82, 2.24) is 5.32 Å². The maximum Gasteiger partial charge on any atom is 0.407 e. The first-order valence-electron chi connectivity index (χ1n) is 14.8. The predicted molar refractivity (Wildman–Crippen MR) is 172 cm³/mol. The summed E-state index contributed by atoms with van der Waals surface area (Å²) in [5.41, 5.74) is 4.48. The summed E-state index contributed by atoms with van der Waals surface area (Å²) in [5.74, 6) is -1.19. The van der Waals surface area contributed by atoms with Crippen LogP contribution in [0.5, 0.6) is 0 Å². The summed E-state index contributed by atoms with van der Waals surface area (Å²) < 4.78 is 12.5. The van der Waals surface area contributed by atoms with Gasteiger partial charge in [0.2, 0.25) is 0 Å². The number of carboxylic acids is 1. The summed E-state index contributed by atoms with van der Waals surface area (Å²) in [4.78, 5) is 24.9. The highest BCUT2D eigenvalue weighted by molar-refractivity contribution is 6.99. The Kier molecular flexibility index (Phi) is 9.13. The normalized spacial score (nSPS) is 13.6. The second kappa shape index (κ2) is 13.0. The highest BCUT2D eigenvalue weighted by atomic mass is 28.4. The zero-order chi connectivity index (χ0) is 30.5. The van der Waals surface area contributed by atoms with Crippen molar-refractivity contribution in [3.05, 3.63) is 120 Å². The molecule has 0 aromatic heterocycles. The molecule has 1 aliphatic rings. The van der Waals surface area contributed by atoms with E-state index in [1.807, 2.05) is 72.8 Å². The molecule has 0 heterocycles. The molecule has 7 heteroatoms. The molecule has 43 heavy (non-hydrogen) atoms. The number of nitrogens with one attached hydrogen (secondary N) is 1. The van der Waals surface area contributed by atoms with E-state index >= 15 is 0 Å². The van der Waals surface area contributed by atoms with E-state index in [-0.39, 0.29) is 24.0 Å². The fourth-order valence-electron chi connectivity index (χ4n) is 6.31. The molecule has 0 unspecified atom stereocenters. The number of ether oxygens (including phenoxy) is 1. The van der Waals surface area contributed by atoms with Gasteiger partial charge in [-0.2, -0.15) is 10.4 Å². The van der Waals surface area contributed by atoms with Gasteiger partial charge in [-0.1, -0.05) is 130 Å². The van der Waals surface area contributed by atoms with Crippen LogP contribution in [-0.4, -0.2) is 44.7 Å². The molecule has 0 saturated heterocycles. The second-order valence-electron chi connectivity index (χ2n) is 12.0. The molecule has 1 atom stereocenters. The third-order valence-corrected chi connectivity index (χ3v) is 13.3. The molecule has 1 amide bonds. The number of carbonyl (C=O) groups excluding carboxylic acids is 1. The number of alkyl carbamates (subject to hydrolysis) is 1. The Morgan fingerprint density at radius 2 is 1.28 bits per heavy atom. The first kappa shape index (κ1) is 30.3. The molecule has 1 aliphatic carbocycles. The van der Waals surface area contributed by atoms with Crippen LogP contribution < -0.4 is 15.7 Å². The lowest BCUT2D eigenvalue weighted by Gasteiger charge is -2.55. The van der Waals surface area contributed by atoms with Crippen LogP contribution in [0.4, 0.5) is 4.79 Å². The lowest BCUT2D eigenvalue weighted by Crippen LogP contribution is -2.66. The van der Waals surface area contributed by atoms with Gasteiger partial charge in [-0.15, -0.1) is 5.04 Å². The van der Waals surface area contributed by atoms with Crippen LogP contribution in [0.1, 0.15) is 50.7 Å². The molecule has 0 bridgehead atoms. The van der Waals surface area contributed by atoms with E-state index in [9.17, 15) is 14.7 Å². The first-order chi connectivity index (χ1) is 20.7. The zero-order valence-corrected chi connectivity index (χ0v) is 26.0. The van der Waals surface area contributed by atoms with E-state index in [2.05, 4.69) is 62.5 Å². The van der Waals surface area contributed by atoms with E-state index in [0.29, 0.717) is 13.0 Å². The van der Waals surface area contributed by atoms with Gasteiger partial charge in [0.1, 0.15) is 12.6 Å². The van der Waals surface area contributed by atoms with Gasteiger partial charge >= 0.3 is 12.1 Å². The third kappa shape index (κ3) is 6.28. The van der Waals surface area contributed by atoms with E-state index < -0.39 is 26.4 Å². The molecule has 6 nitrogen and oxygen atoms in total. The van der Waals surface area contributed by atoms with E-state index in [1.165, 1.54) is 10.4 Å². The van der Waals surface area contributed by atoms with E-state index in [1.54, 1.807) is 0 Å². The minimum atomic E-state index is -2.73. The Labute approximate surface area is 254 Å². The summed E-state index contributed by atoms with van der Waals surface area (Å²) in [6, 6.07) is 35.8. The zero-order valence-electron chi connectivity index (χ0n) is 25.0. The summed E-state index contributed by atoms with van der Waals surface area (Å²) >= 11 is 0. The predicted octanol–water partition coefficient (Wildman–Crippen LogP) is 6.34. The highest BCUT2D eigenvalue weighted by Gasteiger charge is 2.37. The number of hydrogen-bond donors (Lipinski definition) is 2. The van der Waals surface area contributed by atoms with Crippen LogP contribution in [0.25, 0.3) is 11.1 Å². The van der Waals surface area contributed by atoms with Gasteiger partial charge in [-0.3, -0.25) is 0 Å². The van der Waals surface area contributed by atoms with Crippen molar-refractivity contribution in [2.75, 3.05) is 13.2 Å². The molecule has 5 rings (SSSR count). The van der Waals surface area contributed by atoms with E-state index in [0.717, 1.165) is 22.3 Å². The van der Waals surface area contributed by atoms with Crippen LogP contribution >= 0.6 is 0 Å². The lowest BCUT2D eigenvalue weighted by molar-refractivity contribution is -0.139. The number of fused-ring (bicyclic) bond motifs is 3. The average Bonchev–Trinajstić information content (AvgIpc) is 3.33. The molecule has 0 radical (unpaired) electrons. The minimum Gasteiger partial charge on any atom is -0.558 e. The number of rotatable bonds is 11. The topological polar surface area (TPSA) is 84.9 Å². The Hall–Kier alpha value is -4.20. The fraction of sp³-hybridized carbons (Fsp3) is 0.278. The summed E-state index contributed by atoms with van der Waals surface area (Å²) in [6.45, 7) is 7.11. The lowest BCUT2D eigenvalue weighted by atomic mass is 9.98. The van der Waals surface area contributed by atoms with Crippen molar-refractivity contribution in [2.45, 2.75) is 50.6 Å². The molecule has 223 valence electrons. The molecule has 0 fully saturated rings. The number of hydrogen-bond acceptors (Lipinski definition) is 4. The van der Waals surface area contributed by atoms with Gasteiger partial charge in [0, 0.05) is 12.5 Å². The molecule has 2 N–H and O–H groups in total. The summed E-state index contributed by atoms with van der Waals surface area (Å²) in [6.07, 6.45) is -0.0507. The van der Waals surface area contributed by atoms with Gasteiger partial charge in [0.15, 0.2) is 0 Å². The van der Waals surface area contributed by atoms with Crippen LogP contribution in [0.3, 0.4) is 0 Å². The van der Waals surface area contributed by atoms with Crippen molar-refractivity contribution in [3.8, 4) is 11.1 Å². The monoisotopic (exact) mass is 593 g/mol. The van der Waals surface area contributed by atoms with Gasteiger partial charge in [0.25, 0.3) is 0 Å². The standard InChI is InChI=1S/C36H39NO5Si/c1-36(2,3)43(26-15-6-4-7-16-26,27-17-8-5-9-18-27)42-24-14-23-33(34(38)39)37-35(40)41-25-32-30-21-12-10-19-28(30)29-20-11-13-22-31(29)32/h4-13,15-22,32-33H,14,23-25H2,1-3H3,(H,37,40)(H,38,39)/q-1/t33-/m0/s1. The van der Waals surface area contributed by atoms with Crippen molar-refractivity contribution < 1.29 is 23.9 Å². The Morgan fingerprint density at radius 3 is 1.77 bits per heavy atom. The van der Waals surface area contributed by atoms with Crippen molar-refractivity contribution in [1.29, 1.82) is 0 Å². The Morgan fingerprint density at radius 1 is 0.791 bits per heavy atom. The molecule has 4 aromatic carbocycles. The highest BCUT2D eigenvalue weighted by Crippen LogP contribution is 2.44. The summed E-state index contributed by atoms with van der Waals surface area (Å²) in [5, 5.41) is 14.6. The van der Waals surface area contributed by atoms with Crippen LogP contribution in [0.2, 0.25) is 5.04 Å². The smallest absolute Gasteiger partial charge is 0.407 e. The SMILES string of the molecule is CC(C)(C)[Si-](OCCC[C@H](NC(=O)OCC1c2ccccc2-c2ccccc21)C(=O)O)(c1ccccc1)c1ccccc1. The van der Waals surface area contributed by atoms with Crippen molar-refractivity contribution >= 4 is 30.8 Å². The second-order valence-corrected chi connectivity index (χ2v) is 16.3. The molecule has 0 saturated carbocycles. The van der Waals surface area contributed by atoms with Gasteiger partial charge < -0.3 is 19.6 Å². The van der Waals surface area contributed by atoms with Crippen LogP contribution in [-0.2, 0) is 14.0 Å². The first-order valence-corrected chi connectivity index (χ1v) is 16.7. The number of carboxylic acid groups (broad SMARTS) is 1.